The molecule has 0 aromatic heterocycles. The Kier molecular flexibility index (Phi) is 3.36. The van der Waals surface area contributed by atoms with E-state index in [0.717, 1.165) is 6.08 Å². The van der Waals surface area contributed by atoms with Gasteiger partial charge in [0.1, 0.15) is 5.54 Å². The molecule has 100 valence electrons. The highest BCUT2D eigenvalue weighted by Gasteiger charge is 2.56. The number of esters is 1. The molecule has 18 heavy (non-hydrogen) atoms. The van der Waals surface area contributed by atoms with Crippen LogP contribution in [0.4, 0.5) is 8.78 Å². The second-order valence-electron chi connectivity index (χ2n) is 4.57. The monoisotopic (exact) mass is 259 g/mol. The first-order valence-electron chi connectivity index (χ1n) is 5.95. The summed E-state index contributed by atoms with van der Waals surface area (Å²) in [5.74, 6) is -0.644. The molecule has 1 atom stereocenters. The highest BCUT2D eigenvalue weighted by Crippen LogP contribution is 2.43. The van der Waals surface area contributed by atoms with Crippen LogP contribution in [-0.4, -0.2) is 41.9 Å². The third kappa shape index (κ3) is 2.00. The van der Waals surface area contributed by atoms with Crippen molar-refractivity contribution in [1.82, 2.24) is 4.90 Å². The van der Waals surface area contributed by atoms with E-state index in [9.17, 15) is 18.4 Å². The van der Waals surface area contributed by atoms with Crippen LogP contribution in [0.15, 0.2) is 11.6 Å². The minimum Gasteiger partial charge on any atom is -0.464 e. The molecular formula is C12H15F2NO3. The molecule has 0 bridgehead atoms. The molecule has 2 saturated heterocycles. The van der Waals surface area contributed by atoms with Crippen LogP contribution in [0, 0.1) is 0 Å². The summed E-state index contributed by atoms with van der Waals surface area (Å²) in [6.45, 7) is 2.01. The second-order valence-corrected chi connectivity index (χ2v) is 4.57. The van der Waals surface area contributed by atoms with Gasteiger partial charge in [0.25, 0.3) is 6.43 Å². The minimum atomic E-state index is -2.56. The Bertz CT molecular complexity index is 408. The Morgan fingerprint density at radius 2 is 2.33 bits per heavy atom. The number of halogens is 2. The largest absolute Gasteiger partial charge is 0.464 e. The molecular weight excluding hydrogens is 244 g/mol. The van der Waals surface area contributed by atoms with Crippen molar-refractivity contribution < 1.29 is 23.1 Å². The van der Waals surface area contributed by atoms with Gasteiger partial charge in [-0.3, -0.25) is 4.79 Å². The Labute approximate surface area is 104 Å². The summed E-state index contributed by atoms with van der Waals surface area (Å²) in [5.41, 5.74) is -0.598. The molecule has 6 heteroatoms. The number of carbonyl (C=O) groups is 2. The van der Waals surface area contributed by atoms with Crippen molar-refractivity contribution in [2.75, 3.05) is 13.2 Å². The molecule has 1 unspecified atom stereocenters. The Morgan fingerprint density at radius 1 is 1.61 bits per heavy atom. The number of alkyl halides is 2. The predicted octanol–water partition coefficient (Wildman–Crippen LogP) is 1.51. The summed E-state index contributed by atoms with van der Waals surface area (Å²) in [7, 11) is 0. The van der Waals surface area contributed by atoms with Gasteiger partial charge in [-0.1, -0.05) is 0 Å². The summed E-state index contributed by atoms with van der Waals surface area (Å²) in [4.78, 5) is 25.1. The number of rotatable bonds is 3. The topological polar surface area (TPSA) is 46.6 Å². The van der Waals surface area contributed by atoms with E-state index in [0.29, 0.717) is 12.0 Å². The molecule has 0 N–H and O–H groups in total. The zero-order chi connectivity index (χ0) is 13.3. The smallest absolute Gasteiger partial charge is 0.332 e. The number of ether oxygens (including phenoxy) is 1. The maximum absolute atomic E-state index is 12.3. The Morgan fingerprint density at radius 3 is 2.94 bits per heavy atom. The van der Waals surface area contributed by atoms with Crippen LogP contribution in [0.1, 0.15) is 26.2 Å². The summed E-state index contributed by atoms with van der Waals surface area (Å²) >= 11 is 0. The lowest BCUT2D eigenvalue weighted by atomic mass is 9.92. The first-order valence-corrected chi connectivity index (χ1v) is 5.95. The van der Waals surface area contributed by atoms with Gasteiger partial charge in [-0.15, -0.1) is 0 Å². The van der Waals surface area contributed by atoms with Gasteiger partial charge in [-0.05, 0) is 25.0 Å². The summed E-state index contributed by atoms with van der Waals surface area (Å²) in [6, 6.07) is 0. The molecule has 0 saturated carbocycles. The standard InChI is InChI=1S/C12H15F2NO3/c1-2-18-11(17)12-4-3-10(16)15(12)7-8(6-12)5-9(13)14/h5,9H,2-4,6-7H2,1H3. The third-order valence-electron chi connectivity index (χ3n) is 3.47. The molecule has 1 amide bonds. The zero-order valence-electron chi connectivity index (χ0n) is 10.1. The molecule has 2 aliphatic heterocycles. The van der Waals surface area contributed by atoms with Crippen molar-refractivity contribution in [3.05, 3.63) is 11.6 Å². The van der Waals surface area contributed by atoms with E-state index in [1.165, 1.54) is 4.90 Å². The lowest BCUT2D eigenvalue weighted by molar-refractivity contribution is -0.157. The first-order chi connectivity index (χ1) is 8.49. The van der Waals surface area contributed by atoms with Crippen molar-refractivity contribution in [3.63, 3.8) is 0 Å². The van der Waals surface area contributed by atoms with E-state index in [4.69, 9.17) is 4.74 Å². The van der Waals surface area contributed by atoms with Crippen molar-refractivity contribution >= 4 is 11.9 Å². The van der Waals surface area contributed by atoms with Gasteiger partial charge >= 0.3 is 5.97 Å². The molecule has 0 spiro atoms. The normalized spacial score (nSPS) is 29.2. The average molecular weight is 259 g/mol. The van der Waals surface area contributed by atoms with Crippen molar-refractivity contribution in [2.24, 2.45) is 0 Å². The molecule has 2 rings (SSSR count). The highest BCUT2D eigenvalue weighted by atomic mass is 19.3. The number of hydrogen-bond donors (Lipinski definition) is 0. The van der Waals surface area contributed by atoms with Gasteiger partial charge in [0.15, 0.2) is 0 Å². The van der Waals surface area contributed by atoms with Gasteiger partial charge in [-0.25, -0.2) is 13.6 Å². The molecule has 0 aliphatic carbocycles. The van der Waals surface area contributed by atoms with E-state index in [2.05, 4.69) is 0 Å². The number of hydrogen-bond acceptors (Lipinski definition) is 3. The van der Waals surface area contributed by atoms with Crippen molar-refractivity contribution in [3.8, 4) is 0 Å². The van der Waals surface area contributed by atoms with Gasteiger partial charge in [-0.2, -0.15) is 0 Å². The maximum atomic E-state index is 12.3. The fraction of sp³-hybridized carbons (Fsp3) is 0.667. The fourth-order valence-electron chi connectivity index (χ4n) is 2.72. The number of amides is 1. The number of nitrogens with zero attached hydrogens (tertiary/aromatic N) is 1. The van der Waals surface area contributed by atoms with Crippen LogP contribution >= 0.6 is 0 Å². The lowest BCUT2D eigenvalue weighted by Crippen LogP contribution is -2.48. The molecule has 2 heterocycles. The average Bonchev–Trinajstić information content (AvgIpc) is 2.78. The van der Waals surface area contributed by atoms with Crippen LogP contribution in [0.5, 0.6) is 0 Å². The minimum absolute atomic E-state index is 0.113. The van der Waals surface area contributed by atoms with Crippen molar-refractivity contribution in [1.29, 1.82) is 0 Å². The van der Waals surface area contributed by atoms with Crippen LogP contribution in [-0.2, 0) is 14.3 Å². The van der Waals surface area contributed by atoms with Crippen LogP contribution in [0.3, 0.4) is 0 Å². The van der Waals surface area contributed by atoms with Gasteiger partial charge < -0.3 is 9.64 Å². The lowest BCUT2D eigenvalue weighted by Gasteiger charge is -2.28. The van der Waals surface area contributed by atoms with Crippen LogP contribution < -0.4 is 0 Å². The van der Waals surface area contributed by atoms with E-state index >= 15 is 0 Å². The summed E-state index contributed by atoms with van der Waals surface area (Å²) < 4.78 is 29.7. The number of allylic oxidation sites excluding steroid dienone is 1. The zero-order valence-corrected chi connectivity index (χ0v) is 10.1. The van der Waals surface area contributed by atoms with Crippen LogP contribution in [0.2, 0.25) is 0 Å². The summed E-state index contributed by atoms with van der Waals surface area (Å²) in [5, 5.41) is 0. The highest BCUT2D eigenvalue weighted by molar-refractivity contribution is 5.93. The van der Waals surface area contributed by atoms with Crippen LogP contribution in [0.25, 0.3) is 0 Å². The maximum Gasteiger partial charge on any atom is 0.332 e. The van der Waals surface area contributed by atoms with E-state index in [1.807, 2.05) is 0 Å². The second kappa shape index (κ2) is 4.66. The summed E-state index contributed by atoms with van der Waals surface area (Å²) in [6.07, 6.45) is -0.935. The Hall–Kier alpha value is -1.46. The third-order valence-corrected chi connectivity index (χ3v) is 3.47. The molecule has 0 aromatic carbocycles. The van der Waals surface area contributed by atoms with Gasteiger partial charge in [0.2, 0.25) is 5.91 Å². The first kappa shape index (κ1) is 13.0. The van der Waals surface area contributed by atoms with E-state index in [-0.39, 0.29) is 31.9 Å². The molecule has 2 aliphatic rings. The van der Waals surface area contributed by atoms with Gasteiger partial charge in [0.05, 0.1) is 6.61 Å². The van der Waals surface area contributed by atoms with E-state index < -0.39 is 17.9 Å². The SMILES string of the molecule is CCOC(=O)C12CCC(=O)N1CC(=CC(F)F)C2. The molecule has 2 fully saturated rings. The predicted molar refractivity (Wildman–Crippen MR) is 59.0 cm³/mol. The molecule has 0 aromatic rings. The van der Waals surface area contributed by atoms with Crippen molar-refractivity contribution in [2.45, 2.75) is 38.2 Å². The Balaban J connectivity index is 2.26. The number of fused-ring (bicyclic) bond motifs is 1. The molecule has 4 nitrogen and oxygen atoms in total. The number of carbonyl (C=O) groups excluding carboxylic acids is 2. The quantitative estimate of drug-likeness (QED) is 0.570. The van der Waals surface area contributed by atoms with E-state index in [1.54, 1.807) is 6.92 Å². The fourth-order valence-corrected chi connectivity index (χ4v) is 2.72. The molecule has 0 radical (unpaired) electrons. The van der Waals surface area contributed by atoms with Gasteiger partial charge in [0, 0.05) is 19.4 Å².